The summed E-state index contributed by atoms with van der Waals surface area (Å²) in [7, 11) is 0. The lowest BCUT2D eigenvalue weighted by Crippen LogP contribution is -2.10. The molecule has 0 saturated carbocycles. The van der Waals surface area contributed by atoms with Crippen molar-refractivity contribution in [3.8, 4) is 11.5 Å². The molecule has 0 unspecified atom stereocenters. The number of benzene rings is 4. The summed E-state index contributed by atoms with van der Waals surface area (Å²) in [4.78, 5) is 20.2. The molecule has 0 heterocycles. The van der Waals surface area contributed by atoms with Gasteiger partial charge in [-0.05, 0) is 23.3 Å². The zero-order valence-electron chi connectivity index (χ0n) is 17.4. The highest BCUT2D eigenvalue weighted by atomic mass is 16.6. The molecule has 4 rings (SSSR count). The van der Waals surface area contributed by atoms with E-state index in [-0.39, 0.29) is 22.9 Å². The van der Waals surface area contributed by atoms with Gasteiger partial charge >= 0.3 is 11.4 Å². The Morgan fingerprint density at radius 1 is 0.606 bits per heavy atom. The molecular weight excluding hydrogens is 424 g/mol. The highest BCUT2D eigenvalue weighted by Crippen LogP contribution is 2.33. The van der Waals surface area contributed by atoms with Crippen LogP contribution in [0, 0.1) is 20.2 Å². The molecule has 0 aliphatic rings. The number of rotatable bonds is 6. The average molecular weight is 444 g/mol. The molecule has 0 amide bonds. The molecule has 0 spiro atoms. The Hall–Kier alpha value is -4.72. The molecule has 4 aromatic rings. The molecule has 0 aliphatic heterocycles. The van der Waals surface area contributed by atoms with Gasteiger partial charge in [-0.15, -0.1) is 0 Å². The second kappa shape index (κ2) is 11.1. The Morgan fingerprint density at radius 2 is 1.03 bits per heavy atom. The number of hydrogen-bond acceptors (Lipinski definition) is 6. The first-order valence-corrected chi connectivity index (χ1v) is 9.89. The van der Waals surface area contributed by atoms with Gasteiger partial charge in [-0.25, -0.2) is 0 Å². The molecule has 8 nitrogen and oxygen atoms in total. The molecular formula is C25H20N2O6. The molecule has 8 heteroatoms. The average Bonchev–Trinajstić information content (AvgIpc) is 2.84. The van der Waals surface area contributed by atoms with Gasteiger partial charge in [0.2, 0.25) is 0 Å². The lowest BCUT2D eigenvalue weighted by molar-refractivity contribution is -0.386. The van der Waals surface area contributed by atoms with E-state index in [1.807, 2.05) is 60.7 Å². The van der Waals surface area contributed by atoms with Gasteiger partial charge in [-0.2, -0.15) is 0 Å². The van der Waals surface area contributed by atoms with Crippen LogP contribution in [-0.4, -0.2) is 15.0 Å². The Balaban J connectivity index is 0.000000257. The van der Waals surface area contributed by atoms with Crippen molar-refractivity contribution in [2.24, 2.45) is 0 Å². The number of hydrogen-bond donors (Lipinski definition) is 1. The topological polar surface area (TPSA) is 116 Å². The number of phenols is 1. The van der Waals surface area contributed by atoms with E-state index in [0.29, 0.717) is 0 Å². The number of para-hydroxylation sites is 4. The predicted molar refractivity (Wildman–Crippen MR) is 123 cm³/mol. The molecule has 166 valence electrons. The molecule has 0 saturated heterocycles. The standard InChI is InChI=1S/C19H15NO3.C6H5NO3/c21-20(22)17-13-7-8-14-18(17)23-19(15-9-3-1-4-10-15)16-11-5-2-6-12-16;8-6-4-2-1-3-5(6)7(9)10/h1-14,19H;1-4,8H. The van der Waals surface area contributed by atoms with E-state index in [1.54, 1.807) is 18.2 Å². The van der Waals surface area contributed by atoms with E-state index in [0.717, 1.165) is 11.1 Å². The molecule has 4 aromatic carbocycles. The number of nitro groups is 2. The molecule has 0 fully saturated rings. The number of phenolic OH excluding ortho intramolecular Hbond substituents is 1. The van der Waals surface area contributed by atoms with Crippen molar-refractivity contribution in [3.63, 3.8) is 0 Å². The first kappa shape index (κ1) is 23.0. The fourth-order valence-corrected chi connectivity index (χ4v) is 3.04. The van der Waals surface area contributed by atoms with Crippen LogP contribution in [0.1, 0.15) is 17.2 Å². The smallest absolute Gasteiger partial charge is 0.310 e. The van der Waals surface area contributed by atoms with Crippen molar-refractivity contribution in [1.82, 2.24) is 0 Å². The third-order valence-electron chi connectivity index (χ3n) is 4.59. The van der Waals surface area contributed by atoms with Crippen LogP contribution in [0.4, 0.5) is 11.4 Å². The van der Waals surface area contributed by atoms with E-state index < -0.39 is 16.0 Å². The third kappa shape index (κ3) is 6.14. The lowest BCUT2D eigenvalue weighted by atomic mass is 10.0. The summed E-state index contributed by atoms with van der Waals surface area (Å²) >= 11 is 0. The highest BCUT2D eigenvalue weighted by Gasteiger charge is 2.21. The summed E-state index contributed by atoms with van der Waals surface area (Å²) in [6.45, 7) is 0. The monoisotopic (exact) mass is 444 g/mol. The Kier molecular flexibility index (Phi) is 7.69. The van der Waals surface area contributed by atoms with Crippen molar-refractivity contribution >= 4 is 11.4 Å². The van der Waals surface area contributed by atoms with Gasteiger partial charge in [-0.3, -0.25) is 20.2 Å². The minimum absolute atomic E-state index is 0.0376. The number of nitro benzene ring substituents is 2. The maximum absolute atomic E-state index is 11.2. The first-order valence-electron chi connectivity index (χ1n) is 9.89. The molecule has 0 radical (unpaired) electrons. The Morgan fingerprint density at radius 3 is 1.48 bits per heavy atom. The molecule has 0 atom stereocenters. The van der Waals surface area contributed by atoms with Crippen LogP contribution < -0.4 is 4.74 Å². The summed E-state index contributed by atoms with van der Waals surface area (Å²) in [5, 5.41) is 30.1. The summed E-state index contributed by atoms with van der Waals surface area (Å²) in [6.07, 6.45) is -0.404. The minimum atomic E-state index is -0.630. The quantitative estimate of drug-likeness (QED) is 0.285. The number of ether oxygens (including phenoxy) is 1. The van der Waals surface area contributed by atoms with Gasteiger partial charge < -0.3 is 9.84 Å². The molecule has 0 bridgehead atoms. The van der Waals surface area contributed by atoms with Crippen LogP contribution in [0.25, 0.3) is 0 Å². The summed E-state index contributed by atoms with van der Waals surface area (Å²) in [6, 6.07) is 31.3. The maximum atomic E-state index is 11.2. The highest BCUT2D eigenvalue weighted by molar-refractivity contribution is 5.47. The summed E-state index contributed by atoms with van der Waals surface area (Å²) < 4.78 is 6.04. The van der Waals surface area contributed by atoms with Gasteiger partial charge in [0.1, 0.15) is 6.10 Å². The van der Waals surface area contributed by atoms with E-state index in [9.17, 15) is 20.2 Å². The molecule has 33 heavy (non-hydrogen) atoms. The van der Waals surface area contributed by atoms with Crippen LogP contribution in [-0.2, 0) is 0 Å². The van der Waals surface area contributed by atoms with E-state index in [2.05, 4.69) is 0 Å². The van der Waals surface area contributed by atoms with Crippen molar-refractivity contribution in [2.45, 2.75) is 6.10 Å². The van der Waals surface area contributed by atoms with Gasteiger partial charge in [0.25, 0.3) is 0 Å². The van der Waals surface area contributed by atoms with Crippen molar-refractivity contribution in [3.05, 3.63) is 141 Å². The molecule has 1 N–H and O–H groups in total. The van der Waals surface area contributed by atoms with Crippen molar-refractivity contribution in [2.75, 3.05) is 0 Å². The Labute approximate surface area is 189 Å². The fraction of sp³-hybridized carbons (Fsp3) is 0.0400. The fourth-order valence-electron chi connectivity index (χ4n) is 3.04. The van der Waals surface area contributed by atoms with Crippen molar-refractivity contribution in [1.29, 1.82) is 0 Å². The molecule has 0 aliphatic carbocycles. The number of aromatic hydroxyl groups is 1. The van der Waals surface area contributed by atoms with Gasteiger partial charge in [0.05, 0.1) is 9.85 Å². The third-order valence-corrected chi connectivity index (χ3v) is 4.59. The van der Waals surface area contributed by atoms with E-state index in [4.69, 9.17) is 9.84 Å². The second-order valence-corrected chi connectivity index (χ2v) is 6.79. The van der Waals surface area contributed by atoms with E-state index >= 15 is 0 Å². The normalized spacial score (nSPS) is 10.1. The van der Waals surface area contributed by atoms with Gasteiger partial charge in [0.15, 0.2) is 11.5 Å². The van der Waals surface area contributed by atoms with Gasteiger partial charge in [-0.1, -0.05) is 84.9 Å². The zero-order valence-corrected chi connectivity index (χ0v) is 17.4. The Bertz CT molecular complexity index is 1180. The zero-order chi connectivity index (χ0) is 23.6. The van der Waals surface area contributed by atoms with Crippen LogP contribution >= 0.6 is 0 Å². The largest absolute Gasteiger partial charge is 0.502 e. The van der Waals surface area contributed by atoms with Crippen LogP contribution in [0.5, 0.6) is 11.5 Å². The second-order valence-electron chi connectivity index (χ2n) is 6.79. The summed E-state index contributed by atoms with van der Waals surface area (Å²) in [5.41, 5.74) is 1.58. The lowest BCUT2D eigenvalue weighted by Gasteiger charge is -2.20. The van der Waals surface area contributed by atoms with Crippen LogP contribution in [0.2, 0.25) is 0 Å². The maximum Gasteiger partial charge on any atom is 0.310 e. The van der Waals surface area contributed by atoms with E-state index in [1.165, 1.54) is 30.3 Å². The van der Waals surface area contributed by atoms with Gasteiger partial charge in [0, 0.05) is 12.1 Å². The molecule has 0 aromatic heterocycles. The van der Waals surface area contributed by atoms with Crippen LogP contribution in [0.15, 0.2) is 109 Å². The van der Waals surface area contributed by atoms with Crippen molar-refractivity contribution < 1.29 is 19.7 Å². The SMILES string of the molecule is O=[N+]([O-])c1ccccc1O.O=[N+]([O-])c1ccccc1OC(c1ccccc1)c1ccccc1. The minimum Gasteiger partial charge on any atom is -0.502 e. The first-order chi connectivity index (χ1) is 16.0. The predicted octanol–water partition coefficient (Wildman–Crippen LogP) is 6.06. The summed E-state index contributed by atoms with van der Waals surface area (Å²) in [5.74, 6) is -0.0392. The number of nitrogens with zero attached hydrogens (tertiary/aromatic N) is 2. The van der Waals surface area contributed by atoms with Crippen LogP contribution in [0.3, 0.4) is 0 Å².